The third kappa shape index (κ3) is 4.16. The molecule has 0 saturated heterocycles. The van der Waals surface area contributed by atoms with E-state index in [1.54, 1.807) is 22.8 Å². The Morgan fingerprint density at radius 2 is 1.81 bits per heavy atom. The number of rotatable bonds is 8. The molecule has 0 N–H and O–H groups in total. The van der Waals surface area contributed by atoms with Crippen molar-refractivity contribution >= 4 is 17.5 Å². The van der Waals surface area contributed by atoms with E-state index in [0.717, 1.165) is 17.1 Å². The average molecular weight is 447 g/mol. The Bertz CT molecular complexity index is 1280. The second-order valence-corrected chi connectivity index (χ2v) is 8.30. The number of aryl methyl sites for hydroxylation is 1. The van der Waals surface area contributed by atoms with Crippen LogP contribution in [0.25, 0.3) is 17.1 Å². The summed E-state index contributed by atoms with van der Waals surface area (Å²) in [7, 11) is 0. The summed E-state index contributed by atoms with van der Waals surface area (Å²) in [5, 5.41) is 9.08. The van der Waals surface area contributed by atoms with E-state index in [2.05, 4.69) is 21.3 Å². The highest BCUT2D eigenvalue weighted by atomic mass is 32.2. The predicted octanol–water partition coefficient (Wildman–Crippen LogP) is 5.65. The second-order valence-electron chi connectivity index (χ2n) is 7.35. The minimum atomic E-state index is -0.376. The van der Waals surface area contributed by atoms with Crippen LogP contribution in [0, 0.1) is 19.7 Å². The lowest BCUT2D eigenvalue weighted by Gasteiger charge is -2.10. The van der Waals surface area contributed by atoms with Gasteiger partial charge in [-0.3, -0.25) is 9.36 Å². The highest BCUT2D eigenvalue weighted by molar-refractivity contribution is 7.99. The molecule has 0 aliphatic rings. The number of nitrogens with zero attached hydrogens (tertiary/aromatic N) is 4. The van der Waals surface area contributed by atoms with Crippen LogP contribution in [-0.2, 0) is 6.54 Å². The lowest BCUT2D eigenvalue weighted by atomic mass is 10.2. The summed E-state index contributed by atoms with van der Waals surface area (Å²) in [5.41, 5.74) is 3.79. The summed E-state index contributed by atoms with van der Waals surface area (Å²) in [6, 6.07) is 17.9. The Balaban J connectivity index is 1.66. The molecular weight excluding hydrogens is 423 g/mol. The Hall–Kier alpha value is -3.45. The maximum Gasteiger partial charge on any atom is 0.196 e. The van der Waals surface area contributed by atoms with Crippen LogP contribution in [0.3, 0.4) is 0 Å². The van der Waals surface area contributed by atoms with Gasteiger partial charge in [0.05, 0.1) is 11.3 Å². The van der Waals surface area contributed by atoms with Crippen molar-refractivity contribution in [3.05, 3.63) is 96.1 Å². The molecule has 2 aromatic carbocycles. The number of hydrogen-bond acceptors (Lipinski definition) is 4. The first-order valence-electron chi connectivity index (χ1n) is 10.2. The van der Waals surface area contributed by atoms with Gasteiger partial charge >= 0.3 is 0 Å². The summed E-state index contributed by atoms with van der Waals surface area (Å²) in [6.07, 6.45) is 1.82. The molecule has 0 amide bonds. The summed E-state index contributed by atoms with van der Waals surface area (Å²) in [4.78, 5) is 13.0. The maximum absolute atomic E-state index is 14.5. The van der Waals surface area contributed by atoms with Crippen molar-refractivity contribution < 1.29 is 9.18 Å². The van der Waals surface area contributed by atoms with Gasteiger partial charge in [-0.05, 0) is 44.2 Å². The van der Waals surface area contributed by atoms with E-state index in [0.29, 0.717) is 28.7 Å². The lowest BCUT2D eigenvalue weighted by Crippen LogP contribution is -2.07. The summed E-state index contributed by atoms with van der Waals surface area (Å²) in [5.74, 6) is 0.224. The van der Waals surface area contributed by atoms with Crippen LogP contribution in [0.2, 0.25) is 0 Å². The third-order valence-corrected chi connectivity index (χ3v) is 6.21. The Morgan fingerprint density at radius 3 is 2.53 bits per heavy atom. The summed E-state index contributed by atoms with van der Waals surface area (Å²) < 4.78 is 18.4. The van der Waals surface area contributed by atoms with Gasteiger partial charge in [0.1, 0.15) is 5.82 Å². The number of aromatic nitrogens is 4. The zero-order valence-electron chi connectivity index (χ0n) is 18.0. The zero-order chi connectivity index (χ0) is 22.7. The topological polar surface area (TPSA) is 52.7 Å². The van der Waals surface area contributed by atoms with Gasteiger partial charge in [-0.2, -0.15) is 0 Å². The van der Waals surface area contributed by atoms with E-state index in [-0.39, 0.29) is 17.4 Å². The molecule has 0 fully saturated rings. The van der Waals surface area contributed by atoms with Gasteiger partial charge in [-0.15, -0.1) is 16.8 Å². The molecule has 0 spiro atoms. The highest BCUT2D eigenvalue weighted by Gasteiger charge is 2.21. The number of para-hydroxylation sites is 1. The molecule has 0 saturated carbocycles. The van der Waals surface area contributed by atoms with Crippen molar-refractivity contribution in [2.24, 2.45) is 0 Å². The molecule has 0 aliphatic heterocycles. The Morgan fingerprint density at radius 1 is 1.09 bits per heavy atom. The molecular formula is C25H23FN4OS. The van der Waals surface area contributed by atoms with Crippen LogP contribution >= 0.6 is 11.8 Å². The standard InChI is InChI=1S/C25H23FN4OS/c1-4-14-29-17(2)15-21(18(29)3)23(31)16-32-25-28-27-24(20-12-8-9-13-22(20)26)30(25)19-10-6-5-7-11-19/h4-13,15H,1,14,16H2,2-3H3. The molecule has 162 valence electrons. The minimum absolute atomic E-state index is 0.00784. The van der Waals surface area contributed by atoms with Gasteiger partial charge in [-0.25, -0.2) is 4.39 Å². The van der Waals surface area contributed by atoms with Crippen LogP contribution in [0.5, 0.6) is 0 Å². The molecule has 0 atom stereocenters. The second kappa shape index (κ2) is 9.36. The first-order valence-corrected chi connectivity index (χ1v) is 11.2. The van der Waals surface area contributed by atoms with Crippen LogP contribution in [0.15, 0.2) is 78.5 Å². The van der Waals surface area contributed by atoms with Gasteiger partial charge in [-0.1, -0.05) is 48.2 Å². The lowest BCUT2D eigenvalue weighted by molar-refractivity contribution is 0.102. The van der Waals surface area contributed by atoms with E-state index < -0.39 is 0 Å². The molecule has 0 aliphatic carbocycles. The molecule has 7 heteroatoms. The van der Waals surface area contributed by atoms with Gasteiger partial charge < -0.3 is 4.57 Å². The van der Waals surface area contributed by atoms with E-state index in [1.807, 2.05) is 56.3 Å². The summed E-state index contributed by atoms with van der Waals surface area (Å²) >= 11 is 1.29. The smallest absolute Gasteiger partial charge is 0.196 e. The number of thioether (sulfide) groups is 1. The normalized spacial score (nSPS) is 11.0. The molecule has 0 unspecified atom stereocenters. The van der Waals surface area contributed by atoms with Crippen molar-refractivity contribution in [2.75, 3.05) is 5.75 Å². The van der Waals surface area contributed by atoms with Gasteiger partial charge in [0, 0.05) is 29.2 Å². The number of Topliss-reactive ketones (excluding diaryl/α,β-unsaturated/α-hetero) is 1. The van der Waals surface area contributed by atoms with Crippen LogP contribution in [-0.4, -0.2) is 30.9 Å². The van der Waals surface area contributed by atoms with Gasteiger partial charge in [0.2, 0.25) is 0 Å². The van der Waals surface area contributed by atoms with Crippen molar-refractivity contribution in [1.29, 1.82) is 0 Å². The highest BCUT2D eigenvalue weighted by Crippen LogP contribution is 2.30. The number of allylic oxidation sites excluding steroid dienone is 1. The first-order chi connectivity index (χ1) is 15.5. The van der Waals surface area contributed by atoms with E-state index in [1.165, 1.54) is 17.8 Å². The molecule has 2 heterocycles. The SMILES string of the molecule is C=CCn1c(C)cc(C(=O)CSc2nnc(-c3ccccc3F)n2-c2ccccc2)c1C. The molecule has 5 nitrogen and oxygen atoms in total. The van der Waals surface area contributed by atoms with Gasteiger partial charge in [0.25, 0.3) is 0 Å². The van der Waals surface area contributed by atoms with E-state index in [4.69, 9.17) is 0 Å². The summed E-state index contributed by atoms with van der Waals surface area (Å²) in [6.45, 7) is 8.37. The fourth-order valence-electron chi connectivity index (χ4n) is 3.69. The number of benzene rings is 2. The quantitative estimate of drug-likeness (QED) is 0.199. The number of hydrogen-bond donors (Lipinski definition) is 0. The molecule has 4 aromatic rings. The minimum Gasteiger partial charge on any atom is -0.345 e. The third-order valence-electron chi connectivity index (χ3n) is 5.28. The fraction of sp³-hybridized carbons (Fsp3) is 0.160. The van der Waals surface area contributed by atoms with Crippen LogP contribution in [0.4, 0.5) is 4.39 Å². The molecule has 32 heavy (non-hydrogen) atoms. The molecule has 4 rings (SSSR count). The number of halogens is 1. The average Bonchev–Trinajstić information content (AvgIpc) is 3.35. The number of carbonyl (C=O) groups is 1. The first kappa shape index (κ1) is 21.8. The molecule has 0 bridgehead atoms. The Labute approximate surface area is 190 Å². The van der Waals surface area contributed by atoms with E-state index in [9.17, 15) is 9.18 Å². The van der Waals surface area contributed by atoms with Gasteiger partial charge in [0.15, 0.2) is 16.8 Å². The predicted molar refractivity (Wildman–Crippen MR) is 126 cm³/mol. The molecule has 2 aromatic heterocycles. The fourth-order valence-corrected chi connectivity index (χ4v) is 4.53. The van der Waals surface area contributed by atoms with Crippen molar-refractivity contribution in [3.8, 4) is 17.1 Å². The molecule has 0 radical (unpaired) electrons. The van der Waals surface area contributed by atoms with Crippen molar-refractivity contribution in [3.63, 3.8) is 0 Å². The largest absolute Gasteiger partial charge is 0.345 e. The zero-order valence-corrected chi connectivity index (χ0v) is 18.8. The Kier molecular flexibility index (Phi) is 6.37. The van der Waals surface area contributed by atoms with E-state index >= 15 is 0 Å². The maximum atomic E-state index is 14.5. The number of ketones is 1. The van der Waals surface area contributed by atoms with Crippen molar-refractivity contribution in [1.82, 2.24) is 19.3 Å². The number of carbonyl (C=O) groups excluding carboxylic acids is 1. The van der Waals surface area contributed by atoms with Crippen LogP contribution < -0.4 is 0 Å². The monoisotopic (exact) mass is 446 g/mol. The van der Waals surface area contributed by atoms with Crippen molar-refractivity contribution in [2.45, 2.75) is 25.5 Å². The van der Waals surface area contributed by atoms with Crippen LogP contribution in [0.1, 0.15) is 21.7 Å².